The van der Waals surface area contributed by atoms with Crippen molar-refractivity contribution in [3.8, 4) is 5.88 Å². The average Bonchev–Trinajstić information content (AvgIpc) is 2.47. The van der Waals surface area contributed by atoms with E-state index in [2.05, 4.69) is 4.98 Å². The first-order chi connectivity index (χ1) is 9.27. The van der Waals surface area contributed by atoms with Gasteiger partial charge < -0.3 is 15.4 Å². The maximum atomic E-state index is 12.6. The summed E-state index contributed by atoms with van der Waals surface area (Å²) in [6, 6.07) is 3.77. The average molecular weight is 263 g/mol. The number of carbonyl (C=O) groups excluding carboxylic acids is 1. The molecule has 2 N–H and O–H groups in total. The zero-order chi connectivity index (χ0) is 13.7. The predicted molar refractivity (Wildman–Crippen MR) is 73.1 cm³/mol. The Morgan fingerprint density at radius 3 is 3.16 bits per heavy atom. The zero-order valence-electron chi connectivity index (χ0n) is 11.3. The molecule has 0 radical (unpaired) electrons. The number of carbonyl (C=O) groups is 1. The molecule has 0 aromatic carbocycles. The van der Waals surface area contributed by atoms with Gasteiger partial charge in [-0.1, -0.05) is 0 Å². The maximum absolute atomic E-state index is 12.6. The van der Waals surface area contributed by atoms with Gasteiger partial charge >= 0.3 is 0 Å². The third kappa shape index (κ3) is 3.04. The highest BCUT2D eigenvalue weighted by molar-refractivity contribution is 5.96. The van der Waals surface area contributed by atoms with Crippen molar-refractivity contribution in [3.63, 3.8) is 0 Å². The van der Waals surface area contributed by atoms with Gasteiger partial charge in [0.1, 0.15) is 5.56 Å². The smallest absolute Gasteiger partial charge is 0.259 e. The SMILES string of the molecule is COc1ncccc1C(=O)N1CCCCC1CCN. The molecule has 1 aliphatic rings. The van der Waals surface area contributed by atoms with E-state index in [-0.39, 0.29) is 11.9 Å². The summed E-state index contributed by atoms with van der Waals surface area (Å²) >= 11 is 0. The molecule has 1 aromatic heterocycles. The Labute approximate surface area is 113 Å². The van der Waals surface area contributed by atoms with E-state index >= 15 is 0 Å². The fourth-order valence-corrected chi connectivity index (χ4v) is 2.63. The summed E-state index contributed by atoms with van der Waals surface area (Å²) in [5.41, 5.74) is 6.18. The Kier molecular flexibility index (Phi) is 4.74. The number of aromatic nitrogens is 1. The van der Waals surface area contributed by atoms with E-state index in [9.17, 15) is 4.79 Å². The molecule has 19 heavy (non-hydrogen) atoms. The van der Waals surface area contributed by atoms with Gasteiger partial charge in [0, 0.05) is 18.8 Å². The first-order valence-corrected chi connectivity index (χ1v) is 6.78. The normalized spacial score (nSPS) is 19.3. The van der Waals surface area contributed by atoms with Crippen LogP contribution in [0.5, 0.6) is 5.88 Å². The van der Waals surface area contributed by atoms with Crippen LogP contribution in [0.25, 0.3) is 0 Å². The predicted octanol–water partition coefficient (Wildman–Crippen LogP) is 1.43. The lowest BCUT2D eigenvalue weighted by Crippen LogP contribution is -2.44. The number of piperidine rings is 1. The lowest BCUT2D eigenvalue weighted by Gasteiger charge is -2.35. The first kappa shape index (κ1) is 13.8. The van der Waals surface area contributed by atoms with E-state index < -0.39 is 0 Å². The highest BCUT2D eigenvalue weighted by Gasteiger charge is 2.28. The number of methoxy groups -OCH3 is 1. The van der Waals surface area contributed by atoms with Crippen molar-refractivity contribution < 1.29 is 9.53 Å². The zero-order valence-corrected chi connectivity index (χ0v) is 11.3. The molecule has 1 atom stereocenters. The summed E-state index contributed by atoms with van der Waals surface area (Å²) in [5.74, 6) is 0.396. The van der Waals surface area contributed by atoms with E-state index in [0.717, 1.165) is 25.8 Å². The number of ether oxygens (including phenoxy) is 1. The molecule has 104 valence electrons. The third-order valence-corrected chi connectivity index (χ3v) is 3.58. The largest absolute Gasteiger partial charge is 0.480 e. The van der Waals surface area contributed by atoms with E-state index in [1.165, 1.54) is 13.5 Å². The minimum atomic E-state index is 0.00287. The number of rotatable bonds is 4. The standard InChI is InChI=1S/C14H21N3O2/c1-19-13-12(6-4-9-16-13)14(18)17-10-3-2-5-11(17)7-8-15/h4,6,9,11H,2-3,5,7-8,10,15H2,1H3. The highest BCUT2D eigenvalue weighted by atomic mass is 16.5. The van der Waals surface area contributed by atoms with Crippen LogP contribution in [0, 0.1) is 0 Å². The molecule has 5 nitrogen and oxygen atoms in total. The number of hydrogen-bond donors (Lipinski definition) is 1. The fraction of sp³-hybridized carbons (Fsp3) is 0.571. The molecule has 2 rings (SSSR count). The van der Waals surface area contributed by atoms with Crippen LogP contribution in [0.2, 0.25) is 0 Å². The number of amides is 1. The van der Waals surface area contributed by atoms with Crippen LogP contribution in [-0.2, 0) is 0 Å². The molecule has 5 heteroatoms. The molecule has 1 fully saturated rings. The molecule has 1 unspecified atom stereocenters. The van der Waals surface area contributed by atoms with E-state index in [1.54, 1.807) is 18.3 Å². The highest BCUT2D eigenvalue weighted by Crippen LogP contribution is 2.24. The summed E-state index contributed by atoms with van der Waals surface area (Å²) in [6.45, 7) is 1.40. The van der Waals surface area contributed by atoms with Crippen LogP contribution in [0.1, 0.15) is 36.0 Å². The number of pyridine rings is 1. The Hall–Kier alpha value is -1.62. The van der Waals surface area contributed by atoms with Gasteiger partial charge in [-0.15, -0.1) is 0 Å². The van der Waals surface area contributed by atoms with Crippen molar-refractivity contribution in [1.82, 2.24) is 9.88 Å². The van der Waals surface area contributed by atoms with Crippen molar-refractivity contribution in [2.45, 2.75) is 31.7 Å². The third-order valence-electron chi connectivity index (χ3n) is 3.58. The Balaban J connectivity index is 2.21. The summed E-state index contributed by atoms with van der Waals surface area (Å²) < 4.78 is 5.17. The molecule has 0 bridgehead atoms. The minimum Gasteiger partial charge on any atom is -0.480 e. The van der Waals surface area contributed by atoms with Gasteiger partial charge in [0.2, 0.25) is 5.88 Å². The molecule has 2 heterocycles. The van der Waals surface area contributed by atoms with Crippen molar-refractivity contribution in [2.24, 2.45) is 5.73 Å². The minimum absolute atomic E-state index is 0.00287. The molecule has 1 aromatic rings. The van der Waals surface area contributed by atoms with Crippen LogP contribution >= 0.6 is 0 Å². The number of likely N-dealkylation sites (tertiary alicyclic amines) is 1. The van der Waals surface area contributed by atoms with Gasteiger partial charge in [-0.05, 0) is 44.4 Å². The molecule has 1 aliphatic heterocycles. The molecule has 0 saturated carbocycles. The molecule has 1 saturated heterocycles. The van der Waals surface area contributed by atoms with Gasteiger partial charge in [0.25, 0.3) is 5.91 Å². The fourth-order valence-electron chi connectivity index (χ4n) is 2.63. The van der Waals surface area contributed by atoms with Crippen LogP contribution in [-0.4, -0.2) is 42.0 Å². The summed E-state index contributed by atoms with van der Waals surface area (Å²) in [5, 5.41) is 0. The summed E-state index contributed by atoms with van der Waals surface area (Å²) in [6.07, 6.45) is 5.73. The van der Waals surface area contributed by atoms with Crippen molar-refractivity contribution in [1.29, 1.82) is 0 Å². The van der Waals surface area contributed by atoms with Gasteiger partial charge in [-0.2, -0.15) is 0 Å². The molecular formula is C14H21N3O2. The topological polar surface area (TPSA) is 68.5 Å². The number of hydrogen-bond acceptors (Lipinski definition) is 4. The van der Waals surface area contributed by atoms with Gasteiger partial charge in [-0.25, -0.2) is 4.98 Å². The number of nitrogens with zero attached hydrogens (tertiary/aromatic N) is 2. The molecule has 0 aliphatic carbocycles. The summed E-state index contributed by atoms with van der Waals surface area (Å²) in [7, 11) is 1.53. The van der Waals surface area contributed by atoms with Gasteiger partial charge in [0.15, 0.2) is 0 Å². The molecule has 0 spiro atoms. The monoisotopic (exact) mass is 263 g/mol. The second-order valence-electron chi connectivity index (χ2n) is 4.79. The van der Waals surface area contributed by atoms with Gasteiger partial charge in [0.05, 0.1) is 7.11 Å². The lowest BCUT2D eigenvalue weighted by molar-refractivity contribution is 0.0601. The van der Waals surface area contributed by atoms with Gasteiger partial charge in [-0.3, -0.25) is 4.79 Å². The lowest BCUT2D eigenvalue weighted by atomic mass is 9.98. The quantitative estimate of drug-likeness (QED) is 0.892. The first-order valence-electron chi connectivity index (χ1n) is 6.78. The van der Waals surface area contributed by atoms with Crippen molar-refractivity contribution in [2.75, 3.05) is 20.2 Å². The Morgan fingerprint density at radius 1 is 1.58 bits per heavy atom. The Morgan fingerprint density at radius 2 is 2.42 bits per heavy atom. The number of nitrogens with two attached hydrogens (primary N) is 1. The van der Waals surface area contributed by atoms with Crippen LogP contribution in [0.15, 0.2) is 18.3 Å². The van der Waals surface area contributed by atoms with Crippen LogP contribution in [0.4, 0.5) is 0 Å². The second-order valence-corrected chi connectivity index (χ2v) is 4.79. The summed E-state index contributed by atoms with van der Waals surface area (Å²) in [4.78, 5) is 18.6. The van der Waals surface area contributed by atoms with Crippen molar-refractivity contribution in [3.05, 3.63) is 23.9 Å². The van der Waals surface area contributed by atoms with E-state index in [4.69, 9.17) is 10.5 Å². The van der Waals surface area contributed by atoms with Crippen LogP contribution in [0.3, 0.4) is 0 Å². The van der Waals surface area contributed by atoms with Crippen LogP contribution < -0.4 is 10.5 Å². The second kappa shape index (κ2) is 6.52. The maximum Gasteiger partial charge on any atom is 0.259 e. The Bertz CT molecular complexity index is 434. The molecular weight excluding hydrogens is 242 g/mol. The van der Waals surface area contributed by atoms with E-state index in [0.29, 0.717) is 18.0 Å². The van der Waals surface area contributed by atoms with Crippen molar-refractivity contribution >= 4 is 5.91 Å². The van der Waals surface area contributed by atoms with E-state index in [1.807, 2.05) is 4.90 Å². The molecule has 1 amide bonds.